The van der Waals surface area contributed by atoms with Crippen LogP contribution in [0.2, 0.25) is 0 Å². The second-order valence-corrected chi connectivity index (χ2v) is 3.48. The van der Waals surface area contributed by atoms with Crippen LogP contribution in [0.4, 0.5) is 5.69 Å². The molecule has 0 unspecified atom stereocenters. The number of benzene rings is 1. The second kappa shape index (κ2) is 5.20. The minimum absolute atomic E-state index is 0.0976. The van der Waals surface area contributed by atoms with E-state index < -0.39 is 10.9 Å². The average Bonchev–Trinajstić information content (AvgIpc) is 2.25. The number of carbonyl (C=O) groups is 2. The molecule has 0 heterocycles. The highest BCUT2D eigenvalue weighted by atomic mass is 16.6. The number of hydrogen-bond acceptors (Lipinski definition) is 5. The molecule has 1 aromatic carbocycles. The van der Waals surface area contributed by atoms with Gasteiger partial charge in [0.1, 0.15) is 6.61 Å². The van der Waals surface area contributed by atoms with Crippen LogP contribution in [0.5, 0.6) is 0 Å². The lowest BCUT2D eigenvalue weighted by Crippen LogP contribution is -2.13. The zero-order valence-corrected chi connectivity index (χ0v) is 9.43. The SMILES string of the molecule is CC(=O)COC(=O)c1cccc([N+](=O)[O-])c1C. The normalized spacial score (nSPS) is 9.76. The Bertz CT molecular complexity index is 481. The summed E-state index contributed by atoms with van der Waals surface area (Å²) in [5.74, 6) is -1.03. The van der Waals surface area contributed by atoms with Crippen LogP contribution in [-0.4, -0.2) is 23.3 Å². The minimum Gasteiger partial charge on any atom is -0.454 e. The number of esters is 1. The number of ketones is 1. The molecule has 1 rings (SSSR count). The quantitative estimate of drug-likeness (QED) is 0.451. The smallest absolute Gasteiger partial charge is 0.339 e. The Balaban J connectivity index is 2.98. The van der Waals surface area contributed by atoms with Crippen LogP contribution in [-0.2, 0) is 9.53 Å². The van der Waals surface area contributed by atoms with Gasteiger partial charge in [-0.2, -0.15) is 0 Å². The second-order valence-electron chi connectivity index (χ2n) is 3.48. The minimum atomic E-state index is -0.735. The molecule has 0 amide bonds. The van der Waals surface area contributed by atoms with E-state index in [0.29, 0.717) is 0 Å². The van der Waals surface area contributed by atoms with Gasteiger partial charge in [0, 0.05) is 11.6 Å². The molecule has 90 valence electrons. The highest BCUT2D eigenvalue weighted by molar-refractivity contribution is 5.93. The van der Waals surface area contributed by atoms with Gasteiger partial charge in [-0.15, -0.1) is 0 Å². The van der Waals surface area contributed by atoms with Gasteiger partial charge in [-0.05, 0) is 19.9 Å². The summed E-state index contributed by atoms with van der Waals surface area (Å²) < 4.78 is 4.69. The van der Waals surface area contributed by atoms with E-state index in [4.69, 9.17) is 4.74 Å². The number of hydrogen-bond donors (Lipinski definition) is 0. The lowest BCUT2D eigenvalue weighted by molar-refractivity contribution is -0.385. The Morgan fingerprint density at radius 2 is 2.06 bits per heavy atom. The molecule has 1 aromatic rings. The summed E-state index contributed by atoms with van der Waals surface area (Å²) in [6.45, 7) is 2.41. The Labute approximate surface area is 97.3 Å². The van der Waals surface area contributed by atoms with Gasteiger partial charge in [0.25, 0.3) is 5.69 Å². The van der Waals surface area contributed by atoms with E-state index in [9.17, 15) is 19.7 Å². The van der Waals surface area contributed by atoms with Gasteiger partial charge in [0.05, 0.1) is 10.5 Å². The highest BCUT2D eigenvalue weighted by Gasteiger charge is 2.18. The molecule has 0 aliphatic rings. The topological polar surface area (TPSA) is 86.5 Å². The molecule has 0 radical (unpaired) electrons. The number of nitrogens with zero attached hydrogens (tertiary/aromatic N) is 1. The molecule has 17 heavy (non-hydrogen) atoms. The van der Waals surface area contributed by atoms with Gasteiger partial charge < -0.3 is 4.74 Å². The molecular formula is C11H11NO5. The number of nitro benzene ring substituents is 1. The van der Waals surface area contributed by atoms with Crippen molar-refractivity contribution in [2.45, 2.75) is 13.8 Å². The van der Waals surface area contributed by atoms with Crippen LogP contribution in [0.25, 0.3) is 0 Å². The maximum atomic E-state index is 11.5. The van der Waals surface area contributed by atoms with Crippen molar-refractivity contribution >= 4 is 17.4 Å². The zero-order chi connectivity index (χ0) is 13.0. The first-order chi connectivity index (χ1) is 7.93. The van der Waals surface area contributed by atoms with Gasteiger partial charge in [0.15, 0.2) is 5.78 Å². The molecule has 0 bridgehead atoms. The van der Waals surface area contributed by atoms with Crippen LogP contribution in [0.3, 0.4) is 0 Å². The Morgan fingerprint density at radius 1 is 1.41 bits per heavy atom. The molecular weight excluding hydrogens is 226 g/mol. The van der Waals surface area contributed by atoms with E-state index in [1.165, 1.54) is 32.0 Å². The standard InChI is InChI=1S/C11H11NO5/c1-7(13)6-17-11(14)9-4-3-5-10(8(9)2)12(15)16/h3-5H,6H2,1-2H3. The lowest BCUT2D eigenvalue weighted by atomic mass is 10.1. The van der Waals surface area contributed by atoms with Crippen molar-refractivity contribution in [1.82, 2.24) is 0 Å². The number of ether oxygens (including phenoxy) is 1. The Morgan fingerprint density at radius 3 is 2.59 bits per heavy atom. The number of nitro groups is 1. The lowest BCUT2D eigenvalue weighted by Gasteiger charge is -2.05. The van der Waals surface area contributed by atoms with Crippen LogP contribution in [0.15, 0.2) is 18.2 Å². The molecule has 6 nitrogen and oxygen atoms in total. The molecule has 0 aliphatic heterocycles. The van der Waals surface area contributed by atoms with Crippen molar-refractivity contribution in [3.63, 3.8) is 0 Å². The van der Waals surface area contributed by atoms with Crippen molar-refractivity contribution in [3.05, 3.63) is 39.4 Å². The summed E-state index contributed by atoms with van der Waals surface area (Å²) in [4.78, 5) is 32.3. The fourth-order valence-electron chi connectivity index (χ4n) is 1.29. The third kappa shape index (κ3) is 3.10. The highest BCUT2D eigenvalue weighted by Crippen LogP contribution is 2.21. The first-order valence-corrected chi connectivity index (χ1v) is 4.84. The molecule has 0 fully saturated rings. The average molecular weight is 237 g/mol. The van der Waals surface area contributed by atoms with Gasteiger partial charge >= 0.3 is 5.97 Å². The van der Waals surface area contributed by atoms with Crippen molar-refractivity contribution in [2.75, 3.05) is 6.61 Å². The summed E-state index contributed by atoms with van der Waals surface area (Å²) >= 11 is 0. The van der Waals surface area contributed by atoms with Crippen molar-refractivity contribution < 1.29 is 19.2 Å². The number of carbonyl (C=O) groups excluding carboxylic acids is 2. The molecule has 0 saturated heterocycles. The van der Waals surface area contributed by atoms with Crippen molar-refractivity contribution in [1.29, 1.82) is 0 Å². The van der Waals surface area contributed by atoms with E-state index in [-0.39, 0.29) is 29.2 Å². The van der Waals surface area contributed by atoms with Crippen LogP contribution >= 0.6 is 0 Å². The van der Waals surface area contributed by atoms with Gasteiger partial charge in [0.2, 0.25) is 0 Å². The maximum absolute atomic E-state index is 11.5. The van der Waals surface area contributed by atoms with Crippen LogP contribution < -0.4 is 0 Å². The molecule has 6 heteroatoms. The van der Waals surface area contributed by atoms with E-state index in [0.717, 1.165) is 0 Å². The fourth-order valence-corrected chi connectivity index (χ4v) is 1.29. The summed E-state index contributed by atoms with van der Waals surface area (Å²) in [6, 6.07) is 4.12. The van der Waals surface area contributed by atoms with E-state index in [1.54, 1.807) is 0 Å². The van der Waals surface area contributed by atoms with Gasteiger partial charge in [-0.1, -0.05) is 6.07 Å². The molecule has 0 atom stereocenters. The third-order valence-electron chi connectivity index (χ3n) is 2.13. The fraction of sp³-hybridized carbons (Fsp3) is 0.273. The summed E-state index contributed by atoms with van der Waals surface area (Å²) in [7, 11) is 0. The maximum Gasteiger partial charge on any atom is 0.339 e. The van der Waals surface area contributed by atoms with E-state index in [1.807, 2.05) is 0 Å². The molecule has 0 spiro atoms. The van der Waals surface area contributed by atoms with Gasteiger partial charge in [-0.25, -0.2) is 4.79 Å². The Kier molecular flexibility index (Phi) is 3.92. The number of Topliss-reactive ketones (excluding diaryl/α,β-unsaturated/α-hetero) is 1. The van der Waals surface area contributed by atoms with Crippen molar-refractivity contribution in [3.8, 4) is 0 Å². The van der Waals surface area contributed by atoms with Gasteiger partial charge in [-0.3, -0.25) is 14.9 Å². The van der Waals surface area contributed by atoms with E-state index in [2.05, 4.69) is 0 Å². The van der Waals surface area contributed by atoms with Crippen molar-refractivity contribution in [2.24, 2.45) is 0 Å². The predicted octanol–water partition coefficient (Wildman–Crippen LogP) is 1.65. The zero-order valence-electron chi connectivity index (χ0n) is 9.43. The predicted molar refractivity (Wildman–Crippen MR) is 58.8 cm³/mol. The summed E-state index contributed by atoms with van der Waals surface area (Å²) in [5, 5.41) is 10.7. The molecule has 0 aromatic heterocycles. The largest absolute Gasteiger partial charge is 0.454 e. The van der Waals surface area contributed by atoms with E-state index >= 15 is 0 Å². The summed E-state index contributed by atoms with van der Waals surface area (Å²) in [5.41, 5.74) is 0.175. The first-order valence-electron chi connectivity index (χ1n) is 4.84. The monoisotopic (exact) mass is 237 g/mol. The molecule has 0 saturated carbocycles. The van der Waals surface area contributed by atoms with Crippen LogP contribution in [0, 0.1) is 17.0 Å². The molecule has 0 aliphatic carbocycles. The number of rotatable bonds is 4. The first kappa shape index (κ1) is 12.8. The summed E-state index contributed by atoms with van der Waals surface area (Å²) in [6.07, 6.45) is 0. The van der Waals surface area contributed by atoms with Crippen LogP contribution in [0.1, 0.15) is 22.8 Å². The molecule has 0 N–H and O–H groups in total. The Hall–Kier alpha value is -2.24. The third-order valence-corrected chi connectivity index (χ3v) is 2.13.